The highest BCUT2D eigenvalue weighted by atomic mass is 19.2. The third kappa shape index (κ3) is 2.55. The van der Waals surface area contributed by atoms with Crippen molar-refractivity contribution in [2.24, 2.45) is 0 Å². The van der Waals surface area contributed by atoms with Crippen molar-refractivity contribution in [2.45, 2.75) is 19.0 Å². The molecular formula is C11H12F2N2O. The first-order valence-electron chi connectivity index (χ1n) is 5.09. The van der Waals surface area contributed by atoms with E-state index in [1.54, 1.807) is 0 Å². The highest BCUT2D eigenvalue weighted by Crippen LogP contribution is 2.09. The van der Waals surface area contributed by atoms with Gasteiger partial charge in [-0.25, -0.2) is 8.78 Å². The molecule has 1 fully saturated rings. The van der Waals surface area contributed by atoms with Gasteiger partial charge in [0, 0.05) is 25.6 Å². The Hall–Kier alpha value is -1.49. The summed E-state index contributed by atoms with van der Waals surface area (Å²) in [6.07, 6.45) is 0.434. The van der Waals surface area contributed by atoms with Gasteiger partial charge in [0.05, 0.1) is 0 Å². The molecule has 0 spiro atoms. The lowest BCUT2D eigenvalue weighted by Gasteiger charge is -2.10. The van der Waals surface area contributed by atoms with Crippen LogP contribution in [0.2, 0.25) is 0 Å². The van der Waals surface area contributed by atoms with E-state index in [9.17, 15) is 13.6 Å². The van der Waals surface area contributed by atoms with Crippen LogP contribution in [0, 0.1) is 11.6 Å². The van der Waals surface area contributed by atoms with E-state index in [1.807, 2.05) is 0 Å². The van der Waals surface area contributed by atoms with Gasteiger partial charge in [0.25, 0.3) is 0 Å². The van der Waals surface area contributed by atoms with Gasteiger partial charge in [0.1, 0.15) is 0 Å². The molecule has 1 aliphatic rings. The van der Waals surface area contributed by atoms with E-state index in [-0.39, 0.29) is 11.9 Å². The van der Waals surface area contributed by atoms with Crippen LogP contribution in [0.1, 0.15) is 12.0 Å². The standard InChI is InChI=1S/C11H12F2N2O/c12-9-2-1-7(3-10(9)13)5-14-8-4-11(16)15-6-8/h1-3,8,14H,4-6H2,(H,15,16). The topological polar surface area (TPSA) is 41.1 Å². The minimum absolute atomic E-state index is 0.0165. The zero-order chi connectivity index (χ0) is 11.5. The maximum atomic E-state index is 12.9. The molecule has 1 atom stereocenters. The molecule has 5 heteroatoms. The summed E-state index contributed by atoms with van der Waals surface area (Å²) in [5.41, 5.74) is 0.665. The number of hydrogen-bond acceptors (Lipinski definition) is 2. The smallest absolute Gasteiger partial charge is 0.221 e. The molecule has 0 bridgehead atoms. The molecule has 16 heavy (non-hydrogen) atoms. The Morgan fingerprint density at radius 2 is 2.19 bits per heavy atom. The van der Waals surface area contributed by atoms with Crippen molar-refractivity contribution in [1.29, 1.82) is 0 Å². The molecule has 86 valence electrons. The number of amides is 1. The molecule has 0 aromatic heterocycles. The van der Waals surface area contributed by atoms with Crippen LogP contribution >= 0.6 is 0 Å². The van der Waals surface area contributed by atoms with Crippen LogP contribution in [0.5, 0.6) is 0 Å². The second-order valence-electron chi connectivity index (χ2n) is 3.83. The molecule has 0 saturated carbocycles. The highest BCUT2D eigenvalue weighted by molar-refractivity contribution is 5.78. The summed E-state index contributed by atoms with van der Waals surface area (Å²) >= 11 is 0. The van der Waals surface area contributed by atoms with E-state index in [0.29, 0.717) is 25.1 Å². The molecule has 1 aliphatic heterocycles. The second kappa shape index (κ2) is 4.57. The lowest BCUT2D eigenvalue weighted by atomic mass is 10.2. The largest absolute Gasteiger partial charge is 0.354 e. The van der Waals surface area contributed by atoms with E-state index < -0.39 is 11.6 Å². The van der Waals surface area contributed by atoms with Gasteiger partial charge in [-0.1, -0.05) is 6.07 Å². The first-order chi connectivity index (χ1) is 7.65. The van der Waals surface area contributed by atoms with Gasteiger partial charge in [-0.3, -0.25) is 4.79 Å². The molecular weight excluding hydrogens is 214 g/mol. The summed E-state index contributed by atoms with van der Waals surface area (Å²) in [5.74, 6) is -1.68. The fourth-order valence-electron chi connectivity index (χ4n) is 1.66. The van der Waals surface area contributed by atoms with E-state index >= 15 is 0 Å². The normalized spacial score (nSPS) is 19.9. The Morgan fingerprint density at radius 3 is 2.81 bits per heavy atom. The lowest BCUT2D eigenvalue weighted by Crippen LogP contribution is -2.30. The fraction of sp³-hybridized carbons (Fsp3) is 0.364. The fourth-order valence-corrected chi connectivity index (χ4v) is 1.66. The van der Waals surface area contributed by atoms with E-state index in [4.69, 9.17) is 0 Å². The second-order valence-corrected chi connectivity index (χ2v) is 3.83. The Labute approximate surface area is 91.8 Å². The summed E-state index contributed by atoms with van der Waals surface area (Å²) in [4.78, 5) is 10.9. The van der Waals surface area contributed by atoms with Crippen LogP contribution in [-0.2, 0) is 11.3 Å². The minimum atomic E-state index is -0.847. The molecule has 0 radical (unpaired) electrons. The van der Waals surface area contributed by atoms with Crippen molar-refractivity contribution in [1.82, 2.24) is 10.6 Å². The summed E-state index contributed by atoms with van der Waals surface area (Å²) in [6, 6.07) is 3.85. The Balaban J connectivity index is 1.89. The average molecular weight is 226 g/mol. The van der Waals surface area contributed by atoms with Crippen LogP contribution in [-0.4, -0.2) is 18.5 Å². The number of hydrogen-bond donors (Lipinski definition) is 2. The first-order valence-corrected chi connectivity index (χ1v) is 5.09. The maximum Gasteiger partial charge on any atom is 0.221 e. The molecule has 1 aromatic carbocycles. The predicted molar refractivity (Wildman–Crippen MR) is 54.6 cm³/mol. The molecule has 1 amide bonds. The van der Waals surface area contributed by atoms with Gasteiger partial charge in [-0.15, -0.1) is 0 Å². The van der Waals surface area contributed by atoms with Gasteiger partial charge in [-0.05, 0) is 17.7 Å². The molecule has 3 nitrogen and oxygen atoms in total. The molecule has 1 unspecified atom stereocenters. The van der Waals surface area contributed by atoms with Gasteiger partial charge in [0.15, 0.2) is 11.6 Å². The number of nitrogens with one attached hydrogen (secondary N) is 2. The molecule has 2 rings (SSSR count). The Bertz CT molecular complexity index is 409. The summed E-state index contributed by atoms with van der Waals surface area (Å²) < 4.78 is 25.5. The monoisotopic (exact) mass is 226 g/mol. The van der Waals surface area contributed by atoms with Crippen molar-refractivity contribution in [3.8, 4) is 0 Å². The Kier molecular flexibility index (Phi) is 3.14. The third-order valence-corrected chi connectivity index (χ3v) is 2.56. The zero-order valence-electron chi connectivity index (χ0n) is 8.59. The van der Waals surface area contributed by atoms with Crippen molar-refractivity contribution >= 4 is 5.91 Å². The van der Waals surface area contributed by atoms with Crippen molar-refractivity contribution in [3.63, 3.8) is 0 Å². The number of halogens is 2. The van der Waals surface area contributed by atoms with Crippen LogP contribution in [0.4, 0.5) is 8.78 Å². The summed E-state index contributed by atoms with van der Waals surface area (Å²) in [5, 5.41) is 5.79. The maximum absolute atomic E-state index is 12.9. The van der Waals surface area contributed by atoms with Crippen LogP contribution < -0.4 is 10.6 Å². The van der Waals surface area contributed by atoms with Gasteiger partial charge >= 0.3 is 0 Å². The van der Waals surface area contributed by atoms with Crippen molar-refractivity contribution in [2.75, 3.05) is 6.54 Å². The first kappa shape index (κ1) is 11.0. The summed E-state index contributed by atoms with van der Waals surface area (Å²) in [6.45, 7) is 1.01. The van der Waals surface area contributed by atoms with Gasteiger partial charge < -0.3 is 10.6 Å². The summed E-state index contributed by atoms with van der Waals surface area (Å²) in [7, 11) is 0. The predicted octanol–water partition coefficient (Wildman–Crippen LogP) is 0.943. The molecule has 1 heterocycles. The van der Waals surface area contributed by atoms with E-state index in [1.165, 1.54) is 6.07 Å². The van der Waals surface area contributed by atoms with Crippen LogP contribution in [0.25, 0.3) is 0 Å². The zero-order valence-corrected chi connectivity index (χ0v) is 8.59. The van der Waals surface area contributed by atoms with Crippen LogP contribution in [0.15, 0.2) is 18.2 Å². The van der Waals surface area contributed by atoms with Gasteiger partial charge in [0.2, 0.25) is 5.91 Å². The molecule has 1 saturated heterocycles. The highest BCUT2D eigenvalue weighted by Gasteiger charge is 2.20. The number of carbonyl (C=O) groups is 1. The lowest BCUT2D eigenvalue weighted by molar-refractivity contribution is -0.119. The van der Waals surface area contributed by atoms with Crippen LogP contribution in [0.3, 0.4) is 0 Å². The van der Waals surface area contributed by atoms with E-state index in [2.05, 4.69) is 10.6 Å². The molecule has 2 N–H and O–H groups in total. The molecule has 0 aliphatic carbocycles. The average Bonchev–Trinajstić information content (AvgIpc) is 2.66. The minimum Gasteiger partial charge on any atom is -0.354 e. The number of carbonyl (C=O) groups excluding carboxylic acids is 1. The van der Waals surface area contributed by atoms with Gasteiger partial charge in [-0.2, -0.15) is 0 Å². The quantitative estimate of drug-likeness (QED) is 0.805. The number of rotatable bonds is 3. The van der Waals surface area contributed by atoms with E-state index in [0.717, 1.165) is 12.1 Å². The molecule has 1 aromatic rings. The number of benzene rings is 1. The van der Waals surface area contributed by atoms with Crippen molar-refractivity contribution < 1.29 is 13.6 Å². The van der Waals surface area contributed by atoms with Crippen molar-refractivity contribution in [3.05, 3.63) is 35.4 Å². The Morgan fingerprint density at radius 1 is 1.38 bits per heavy atom. The SMILES string of the molecule is O=C1CC(NCc2ccc(F)c(F)c2)CN1. The third-order valence-electron chi connectivity index (χ3n) is 2.56.